The molecule has 12 atom stereocenters. The fourth-order valence-electron chi connectivity index (χ4n) is 11.3. The van der Waals surface area contributed by atoms with Crippen LogP contribution in [0.4, 0.5) is 9.59 Å². The molecule has 1 heterocycles. The van der Waals surface area contributed by atoms with E-state index in [0.717, 1.165) is 7.11 Å². The number of fused-ring (bicyclic) bond motifs is 2. The van der Waals surface area contributed by atoms with Gasteiger partial charge in [0.25, 0.3) is 0 Å². The van der Waals surface area contributed by atoms with E-state index in [1.165, 1.54) is 26.2 Å². The lowest BCUT2D eigenvalue weighted by Gasteiger charge is -2.78. The molecule has 17 heteroatoms. The number of Topliss-reactive ketones (excluding diaryl/α,β-unsaturated/α-hetero) is 1. The van der Waals surface area contributed by atoms with Crippen LogP contribution >= 0.6 is 0 Å². The highest BCUT2D eigenvalue weighted by molar-refractivity contribution is 5.96. The number of amides is 1. The molecule has 6 aliphatic rings. The van der Waals surface area contributed by atoms with E-state index in [1.54, 1.807) is 90.1 Å². The molecule has 0 unspecified atom stereocenters. The van der Waals surface area contributed by atoms with Gasteiger partial charge in [-0.3, -0.25) is 9.59 Å². The first-order valence-corrected chi connectivity index (χ1v) is 20.8. The van der Waals surface area contributed by atoms with Gasteiger partial charge in [0.2, 0.25) is 0 Å². The van der Waals surface area contributed by atoms with E-state index in [2.05, 4.69) is 5.32 Å². The van der Waals surface area contributed by atoms with Gasteiger partial charge in [-0.25, -0.2) is 19.2 Å². The lowest BCUT2D eigenvalue weighted by atomic mass is 9.31. The van der Waals surface area contributed by atoms with Gasteiger partial charge in [-0.1, -0.05) is 55.5 Å². The summed E-state index contributed by atoms with van der Waals surface area (Å²) in [4.78, 5) is 84.0. The van der Waals surface area contributed by atoms with E-state index in [4.69, 9.17) is 37.9 Å². The van der Waals surface area contributed by atoms with E-state index >= 15 is 4.79 Å². The van der Waals surface area contributed by atoms with Crippen molar-refractivity contribution in [2.45, 2.75) is 127 Å². The molecule has 340 valence electrons. The van der Waals surface area contributed by atoms with Crippen molar-refractivity contribution in [3.05, 3.63) is 82.9 Å². The largest absolute Gasteiger partial charge is 0.509 e. The molecule has 0 radical (unpaired) electrons. The number of ether oxygens (including phenoxy) is 8. The number of alkyl carbamates (subject to hydrolysis) is 1. The molecule has 1 amide bonds. The number of rotatable bonds is 10. The van der Waals surface area contributed by atoms with Gasteiger partial charge in [0.15, 0.2) is 29.2 Å². The Balaban J connectivity index is 1.42. The van der Waals surface area contributed by atoms with E-state index in [1.807, 2.05) is 0 Å². The summed E-state index contributed by atoms with van der Waals surface area (Å²) in [5.41, 5.74) is -9.85. The van der Waals surface area contributed by atoms with E-state index in [9.17, 15) is 34.2 Å². The van der Waals surface area contributed by atoms with Crippen LogP contribution in [0.1, 0.15) is 89.7 Å². The number of benzene rings is 2. The van der Waals surface area contributed by atoms with Crippen LogP contribution in [0.25, 0.3) is 0 Å². The summed E-state index contributed by atoms with van der Waals surface area (Å²) in [5, 5.41) is 28.1. The Labute approximate surface area is 364 Å². The second-order valence-corrected chi connectivity index (χ2v) is 18.6. The van der Waals surface area contributed by atoms with Gasteiger partial charge in [0, 0.05) is 38.7 Å². The molecule has 3 N–H and O–H groups in total. The summed E-state index contributed by atoms with van der Waals surface area (Å²) >= 11 is 0. The third-order valence-electron chi connectivity index (χ3n) is 13.9. The van der Waals surface area contributed by atoms with Gasteiger partial charge in [-0.05, 0) is 63.5 Å². The summed E-state index contributed by atoms with van der Waals surface area (Å²) < 4.78 is 47.3. The molecule has 4 bridgehead atoms. The molecule has 8 rings (SSSR count). The van der Waals surface area contributed by atoms with Crippen molar-refractivity contribution >= 4 is 35.9 Å². The van der Waals surface area contributed by atoms with Crippen molar-refractivity contribution in [2.24, 2.45) is 16.7 Å². The highest BCUT2D eigenvalue weighted by Gasteiger charge is 2.89. The maximum absolute atomic E-state index is 15.8. The molecule has 0 spiro atoms. The van der Waals surface area contributed by atoms with E-state index in [-0.39, 0.29) is 36.2 Å². The molecule has 5 aliphatic carbocycles. The summed E-state index contributed by atoms with van der Waals surface area (Å²) in [7, 11) is 2.43. The Hall–Kier alpha value is -5.36. The zero-order valence-electron chi connectivity index (χ0n) is 36.8. The first-order chi connectivity index (χ1) is 29.5. The minimum Gasteiger partial charge on any atom is -0.456 e. The minimum absolute atomic E-state index is 0.0158. The fourth-order valence-corrected chi connectivity index (χ4v) is 11.3. The first-order valence-electron chi connectivity index (χ1n) is 20.8. The number of hydrogen-bond acceptors (Lipinski definition) is 16. The number of ketones is 1. The lowest BCUT2D eigenvalue weighted by Crippen LogP contribution is -2.91. The van der Waals surface area contributed by atoms with Gasteiger partial charge in [-0.15, -0.1) is 0 Å². The van der Waals surface area contributed by atoms with Crippen LogP contribution < -0.4 is 5.32 Å². The normalized spacial score (nSPS) is 35.0. The summed E-state index contributed by atoms with van der Waals surface area (Å²) in [5.74, 6) is -5.08. The van der Waals surface area contributed by atoms with E-state index in [0.29, 0.717) is 5.56 Å². The van der Waals surface area contributed by atoms with Gasteiger partial charge in [-0.2, -0.15) is 0 Å². The summed E-state index contributed by atoms with van der Waals surface area (Å²) in [6.07, 6.45) is -10.2. The van der Waals surface area contributed by atoms with Crippen LogP contribution in [0.2, 0.25) is 0 Å². The molecule has 0 aromatic heterocycles. The van der Waals surface area contributed by atoms with Crippen LogP contribution in [0, 0.1) is 16.7 Å². The van der Waals surface area contributed by atoms with Crippen molar-refractivity contribution in [2.75, 3.05) is 20.8 Å². The molecule has 5 fully saturated rings. The maximum Gasteiger partial charge on any atom is 0.509 e. The molecular formula is C46H55NO16. The van der Waals surface area contributed by atoms with Crippen LogP contribution in [0.3, 0.4) is 0 Å². The molecule has 63 heavy (non-hydrogen) atoms. The average Bonchev–Trinajstić information content (AvgIpc) is 3.22. The Morgan fingerprint density at radius 2 is 1.57 bits per heavy atom. The SMILES string of the molecule is COC(=O)O[C@H]1C(=O)[C@]2(C)[C@@H](OC)C[C@H]3OC[C@@]3(OC(C)=O)[C@H]2[C@]2(OC(=O)c3ccccc3)C[C@@]3(C)C1=C(C)[C@@H](OC(=O)[C@H](O)[C@@H](NC(=O)OC(C)(C)C)c1ccccc1)C[C@]32O. The predicted octanol–water partition coefficient (Wildman–Crippen LogP) is 4.46. The Bertz CT molecular complexity index is 2210. The monoisotopic (exact) mass is 877 g/mol. The quantitative estimate of drug-likeness (QED) is 0.170. The van der Waals surface area contributed by atoms with Crippen molar-refractivity contribution in [3.63, 3.8) is 0 Å². The highest BCUT2D eigenvalue weighted by Crippen LogP contribution is 2.77. The standard InChI is InChI=1S/C46H55NO16/c1-24-28(59-37(52)33(49)32(26-16-12-10-13-17-26)47-39(53)63-41(3,4)5)21-46(55)42(6)22-45(46,62-36(51)27-18-14-11-15-19-27)38-43(7,35(50)34(31(24)42)60-40(54)57-9)29(56-8)20-30-44(38,23-58-30)61-25(2)48/h10-19,28-30,32-34,38,49,55H,20-23H2,1-9H3,(H,47,53)/t28-,29-,30+,32-,33+,34+,38-,42-,43-,44-,45+,46-/m0/s1. The molecule has 2 aromatic rings. The number of aliphatic hydroxyl groups excluding tert-OH is 1. The average molecular weight is 878 g/mol. The van der Waals surface area contributed by atoms with Crippen molar-refractivity contribution in [1.29, 1.82) is 0 Å². The van der Waals surface area contributed by atoms with Crippen molar-refractivity contribution in [1.82, 2.24) is 5.32 Å². The van der Waals surface area contributed by atoms with Crippen LogP contribution in [-0.2, 0) is 52.3 Å². The van der Waals surface area contributed by atoms with Crippen molar-refractivity contribution < 1.29 is 76.9 Å². The number of methoxy groups -OCH3 is 2. The second kappa shape index (κ2) is 16.0. The Morgan fingerprint density at radius 3 is 2.13 bits per heavy atom. The number of hydrogen-bond donors (Lipinski definition) is 3. The smallest absolute Gasteiger partial charge is 0.456 e. The second-order valence-electron chi connectivity index (χ2n) is 18.6. The summed E-state index contributed by atoms with van der Waals surface area (Å²) in [6.45, 7) is 10.6. The fraction of sp³-hybridized carbons (Fsp3) is 0.565. The Kier molecular flexibility index (Phi) is 11.6. The topological polar surface area (TPSA) is 229 Å². The Morgan fingerprint density at radius 1 is 0.937 bits per heavy atom. The maximum atomic E-state index is 15.8. The molecule has 1 saturated heterocycles. The molecule has 4 saturated carbocycles. The van der Waals surface area contributed by atoms with Gasteiger partial charge >= 0.3 is 30.2 Å². The van der Waals surface area contributed by atoms with Gasteiger partial charge < -0.3 is 53.4 Å². The third-order valence-corrected chi connectivity index (χ3v) is 13.9. The first kappa shape index (κ1) is 45.7. The van der Waals surface area contributed by atoms with E-state index < -0.39 is 118 Å². The number of nitrogens with one attached hydrogen (secondary N) is 1. The third kappa shape index (κ3) is 7.07. The zero-order valence-corrected chi connectivity index (χ0v) is 36.8. The molecule has 1 aliphatic heterocycles. The van der Waals surface area contributed by atoms with Gasteiger partial charge in [0.05, 0.1) is 42.8 Å². The minimum atomic E-state index is -2.31. The number of esters is 3. The van der Waals surface area contributed by atoms with Crippen LogP contribution in [0.5, 0.6) is 0 Å². The molecule has 17 nitrogen and oxygen atoms in total. The van der Waals surface area contributed by atoms with Crippen LogP contribution in [0.15, 0.2) is 71.8 Å². The van der Waals surface area contributed by atoms with Gasteiger partial charge in [0.1, 0.15) is 23.4 Å². The zero-order chi connectivity index (χ0) is 46.1. The number of aliphatic hydroxyl groups is 2. The number of carbonyl (C=O) groups is 6. The lowest BCUT2D eigenvalue weighted by molar-refractivity contribution is -0.404. The summed E-state index contributed by atoms with van der Waals surface area (Å²) in [6, 6.07) is 14.7. The van der Waals surface area contributed by atoms with Crippen molar-refractivity contribution in [3.8, 4) is 0 Å². The molecule has 2 aromatic carbocycles. The highest BCUT2D eigenvalue weighted by atomic mass is 16.7. The number of carbonyl (C=O) groups excluding carboxylic acids is 6. The van der Waals surface area contributed by atoms with Crippen LogP contribution in [-0.4, -0.2) is 120 Å². The predicted molar refractivity (Wildman–Crippen MR) is 218 cm³/mol. The molecular weight excluding hydrogens is 822 g/mol.